The summed E-state index contributed by atoms with van der Waals surface area (Å²) in [5.41, 5.74) is 5.09. The highest BCUT2D eigenvalue weighted by molar-refractivity contribution is 5.97. The summed E-state index contributed by atoms with van der Waals surface area (Å²) in [6, 6.07) is 11.7. The molecule has 0 aliphatic heterocycles. The number of rotatable bonds is 10. The van der Waals surface area contributed by atoms with Crippen molar-refractivity contribution in [1.82, 2.24) is 39.3 Å². The Morgan fingerprint density at radius 1 is 1.05 bits per heavy atom. The van der Waals surface area contributed by atoms with Gasteiger partial charge in [0.15, 0.2) is 11.6 Å². The van der Waals surface area contributed by atoms with Gasteiger partial charge in [0.25, 0.3) is 0 Å². The molecule has 1 N–H and O–H groups in total. The molecule has 0 fully saturated rings. The number of carbonyl (C=O) groups is 1. The van der Waals surface area contributed by atoms with Crippen molar-refractivity contribution in [2.45, 2.75) is 53.1 Å². The van der Waals surface area contributed by atoms with E-state index in [2.05, 4.69) is 32.5 Å². The summed E-state index contributed by atoms with van der Waals surface area (Å²) in [5.74, 6) is 1.15. The minimum Gasteiger partial charge on any atom is -0.334 e. The molecule has 0 aliphatic carbocycles. The van der Waals surface area contributed by atoms with Gasteiger partial charge in [-0.3, -0.25) is 18.9 Å². The number of imidazole rings is 1. The van der Waals surface area contributed by atoms with Gasteiger partial charge in [0.1, 0.15) is 5.82 Å². The molecule has 5 aromatic rings. The smallest absolute Gasteiger partial charge is 0.334 e. The third-order valence-electron chi connectivity index (χ3n) is 6.78. The molecule has 0 spiro atoms. The van der Waals surface area contributed by atoms with Gasteiger partial charge < -0.3 is 4.57 Å². The second-order valence-corrected chi connectivity index (χ2v) is 9.22. The number of pyridine rings is 1. The van der Waals surface area contributed by atoms with Gasteiger partial charge in [-0.2, -0.15) is 0 Å². The second-order valence-electron chi connectivity index (χ2n) is 9.22. The van der Waals surface area contributed by atoms with Gasteiger partial charge in [-0.05, 0) is 65.9 Å². The summed E-state index contributed by atoms with van der Waals surface area (Å²) in [4.78, 5) is 30.6. The molecule has 0 unspecified atom stereocenters. The molecule has 4 aromatic heterocycles. The number of nitrogens with one attached hydrogen (secondary N) is 1. The molecule has 0 atom stereocenters. The van der Waals surface area contributed by atoms with Crippen LogP contribution in [0, 0.1) is 0 Å². The molecule has 1 aromatic carbocycles. The van der Waals surface area contributed by atoms with E-state index in [1.165, 1.54) is 6.92 Å². The zero-order valence-electron chi connectivity index (χ0n) is 21.8. The SMILES string of the molecule is CCCCc1cn(-c2c(C(C)=O)ccn2CC)c(=O)n1Cc1cnccc1-c1ccc(-c2nnn[nH]2)cc1. The van der Waals surface area contributed by atoms with Gasteiger partial charge in [0.05, 0.1) is 12.1 Å². The highest BCUT2D eigenvalue weighted by Gasteiger charge is 2.21. The topological polar surface area (TPSA) is 116 Å². The van der Waals surface area contributed by atoms with Crippen molar-refractivity contribution in [3.63, 3.8) is 0 Å². The number of hydrogen-bond acceptors (Lipinski definition) is 6. The number of aromatic amines is 1. The Bertz CT molecular complexity index is 1610. The van der Waals surface area contributed by atoms with Gasteiger partial charge in [-0.1, -0.05) is 37.6 Å². The molecular weight excluding hydrogens is 480 g/mol. The van der Waals surface area contributed by atoms with E-state index in [0.717, 1.165) is 47.2 Å². The number of nitrogens with zero attached hydrogens (tertiary/aromatic N) is 7. The fraction of sp³-hybridized carbons (Fsp3) is 0.286. The summed E-state index contributed by atoms with van der Waals surface area (Å²) < 4.78 is 5.37. The van der Waals surface area contributed by atoms with Crippen LogP contribution in [-0.2, 0) is 19.5 Å². The average Bonchev–Trinajstić information content (AvgIpc) is 3.68. The lowest BCUT2D eigenvalue weighted by Gasteiger charge is -2.12. The monoisotopic (exact) mass is 510 g/mol. The first-order chi connectivity index (χ1) is 18.5. The number of aryl methyl sites for hydroxylation is 2. The molecule has 0 bridgehead atoms. The number of H-pyrrole nitrogens is 1. The van der Waals surface area contributed by atoms with Crippen molar-refractivity contribution in [2.75, 3.05) is 0 Å². The van der Waals surface area contributed by atoms with Crippen molar-refractivity contribution < 1.29 is 4.79 Å². The molecule has 0 amide bonds. The predicted molar refractivity (Wildman–Crippen MR) is 144 cm³/mol. The predicted octanol–water partition coefficient (Wildman–Crippen LogP) is 4.30. The van der Waals surface area contributed by atoms with Gasteiger partial charge in [-0.25, -0.2) is 9.89 Å². The number of Topliss-reactive ketones (excluding diaryl/α,β-unsaturated/α-hetero) is 1. The Morgan fingerprint density at radius 2 is 1.84 bits per heavy atom. The number of tetrazole rings is 1. The van der Waals surface area contributed by atoms with E-state index in [1.54, 1.807) is 16.8 Å². The zero-order chi connectivity index (χ0) is 26.6. The van der Waals surface area contributed by atoms with Crippen LogP contribution in [0.2, 0.25) is 0 Å². The van der Waals surface area contributed by atoms with Crippen LogP contribution in [0.25, 0.3) is 28.3 Å². The first-order valence-electron chi connectivity index (χ1n) is 12.8. The Balaban J connectivity index is 1.57. The Hall–Kier alpha value is -4.60. The van der Waals surface area contributed by atoms with Crippen LogP contribution in [0.3, 0.4) is 0 Å². The average molecular weight is 511 g/mol. The van der Waals surface area contributed by atoms with Crippen molar-refractivity contribution in [3.05, 3.63) is 88.5 Å². The van der Waals surface area contributed by atoms with Crippen LogP contribution in [0.1, 0.15) is 55.2 Å². The maximum atomic E-state index is 13.9. The number of ketones is 1. The van der Waals surface area contributed by atoms with Crippen molar-refractivity contribution in [3.8, 4) is 28.3 Å². The van der Waals surface area contributed by atoms with E-state index in [0.29, 0.717) is 30.3 Å². The summed E-state index contributed by atoms with van der Waals surface area (Å²) in [5, 5.41) is 14.0. The molecule has 10 nitrogen and oxygen atoms in total. The summed E-state index contributed by atoms with van der Waals surface area (Å²) >= 11 is 0. The molecule has 0 radical (unpaired) electrons. The summed E-state index contributed by atoms with van der Waals surface area (Å²) in [6.07, 6.45) is 10.0. The third-order valence-corrected chi connectivity index (χ3v) is 6.78. The normalized spacial score (nSPS) is 11.2. The van der Waals surface area contributed by atoms with Crippen molar-refractivity contribution in [1.29, 1.82) is 0 Å². The number of carbonyl (C=O) groups excluding carboxylic acids is 1. The fourth-order valence-corrected chi connectivity index (χ4v) is 4.76. The quantitative estimate of drug-likeness (QED) is 0.280. The van der Waals surface area contributed by atoms with Crippen molar-refractivity contribution >= 4 is 5.78 Å². The summed E-state index contributed by atoms with van der Waals surface area (Å²) in [7, 11) is 0. The third kappa shape index (κ3) is 4.72. The van der Waals surface area contributed by atoms with Crippen LogP contribution >= 0.6 is 0 Å². The first-order valence-corrected chi connectivity index (χ1v) is 12.8. The zero-order valence-corrected chi connectivity index (χ0v) is 21.8. The largest absolute Gasteiger partial charge is 0.334 e. The lowest BCUT2D eigenvalue weighted by Crippen LogP contribution is -2.27. The molecule has 194 valence electrons. The summed E-state index contributed by atoms with van der Waals surface area (Å²) in [6.45, 7) is 6.68. The number of aromatic nitrogens is 8. The lowest BCUT2D eigenvalue weighted by atomic mass is 10.00. The lowest BCUT2D eigenvalue weighted by molar-refractivity contribution is 0.101. The fourth-order valence-electron chi connectivity index (χ4n) is 4.76. The highest BCUT2D eigenvalue weighted by Crippen LogP contribution is 2.27. The number of benzene rings is 1. The van der Waals surface area contributed by atoms with Crippen molar-refractivity contribution in [2.24, 2.45) is 0 Å². The maximum absolute atomic E-state index is 13.9. The maximum Gasteiger partial charge on any atom is 0.334 e. The van der Waals surface area contributed by atoms with Gasteiger partial charge in [0, 0.05) is 42.6 Å². The highest BCUT2D eigenvalue weighted by atomic mass is 16.2. The van der Waals surface area contributed by atoms with Crippen LogP contribution in [0.15, 0.2) is 66.0 Å². The second kappa shape index (κ2) is 10.8. The van der Waals surface area contributed by atoms with E-state index < -0.39 is 0 Å². The van der Waals surface area contributed by atoms with E-state index >= 15 is 0 Å². The van der Waals surface area contributed by atoms with Crippen LogP contribution in [0.4, 0.5) is 0 Å². The Kier molecular flexibility index (Phi) is 7.12. The molecule has 4 heterocycles. The standard InChI is InChI=1S/C28H30N8O2/c1-4-6-7-23-18-36(27-24(19(3)37)13-15-34(27)5-2)28(38)35(23)17-22-16-29-14-12-25(22)20-8-10-21(11-9-20)26-30-32-33-31-26/h8-16,18H,4-7,17H2,1-3H3,(H,30,31,32,33). The van der Waals surface area contributed by atoms with E-state index in [1.807, 2.05) is 65.0 Å². The molecule has 0 aliphatic rings. The molecule has 0 saturated carbocycles. The molecule has 10 heteroatoms. The Morgan fingerprint density at radius 3 is 2.53 bits per heavy atom. The molecular formula is C28H30N8O2. The van der Waals surface area contributed by atoms with E-state index in [-0.39, 0.29) is 11.5 Å². The first kappa shape index (κ1) is 25.1. The van der Waals surface area contributed by atoms with Gasteiger partial charge >= 0.3 is 5.69 Å². The van der Waals surface area contributed by atoms with E-state index in [4.69, 9.17) is 0 Å². The number of hydrogen-bond donors (Lipinski definition) is 1. The van der Waals surface area contributed by atoms with Gasteiger partial charge in [0.2, 0.25) is 0 Å². The van der Waals surface area contributed by atoms with Crippen LogP contribution in [0.5, 0.6) is 0 Å². The van der Waals surface area contributed by atoms with Gasteiger partial charge in [-0.15, -0.1) is 5.10 Å². The number of unbranched alkanes of at least 4 members (excludes halogenated alkanes) is 1. The Labute approximate surface area is 220 Å². The molecule has 5 rings (SSSR count). The van der Waals surface area contributed by atoms with Crippen LogP contribution in [-0.4, -0.2) is 45.1 Å². The minimum atomic E-state index is -0.171. The molecule has 0 saturated heterocycles. The van der Waals surface area contributed by atoms with E-state index in [9.17, 15) is 9.59 Å². The van der Waals surface area contributed by atoms with Crippen LogP contribution < -0.4 is 5.69 Å². The minimum absolute atomic E-state index is 0.0685. The molecule has 38 heavy (non-hydrogen) atoms.